The van der Waals surface area contributed by atoms with Crippen molar-refractivity contribution in [3.8, 4) is 11.3 Å². The summed E-state index contributed by atoms with van der Waals surface area (Å²) < 4.78 is 0. The standard InChI is InChI=1S/C15H11Cl2N3/c16-12-3-1-2-11(15(12)17)13-9-19-14(20-13)8-10-4-6-18-7-5-10/h1-7,9H,8H2,(H,19,20). The maximum atomic E-state index is 6.20. The zero-order chi connectivity index (χ0) is 13.9. The fourth-order valence-electron chi connectivity index (χ4n) is 1.99. The smallest absolute Gasteiger partial charge is 0.111 e. The van der Waals surface area contributed by atoms with Gasteiger partial charge in [0.25, 0.3) is 0 Å². The number of pyridine rings is 1. The second kappa shape index (κ2) is 5.65. The Hall–Kier alpha value is -1.84. The Labute approximate surface area is 126 Å². The van der Waals surface area contributed by atoms with Crippen LogP contribution in [0.2, 0.25) is 10.0 Å². The highest BCUT2D eigenvalue weighted by molar-refractivity contribution is 6.43. The minimum absolute atomic E-state index is 0.524. The molecule has 100 valence electrons. The average Bonchev–Trinajstić information content (AvgIpc) is 2.91. The van der Waals surface area contributed by atoms with Crippen LogP contribution in [0.25, 0.3) is 11.3 Å². The normalized spacial score (nSPS) is 10.7. The van der Waals surface area contributed by atoms with E-state index in [-0.39, 0.29) is 0 Å². The quantitative estimate of drug-likeness (QED) is 0.780. The molecule has 5 heteroatoms. The highest BCUT2D eigenvalue weighted by Gasteiger charge is 2.10. The number of hydrogen-bond acceptors (Lipinski definition) is 2. The number of imidazole rings is 1. The summed E-state index contributed by atoms with van der Waals surface area (Å²) in [6.07, 6.45) is 6.11. The number of halogens is 2. The summed E-state index contributed by atoms with van der Waals surface area (Å²) in [5.41, 5.74) is 2.77. The van der Waals surface area contributed by atoms with Gasteiger partial charge in [0.15, 0.2) is 0 Å². The molecule has 0 amide bonds. The van der Waals surface area contributed by atoms with Crippen LogP contribution in [0, 0.1) is 0 Å². The van der Waals surface area contributed by atoms with Gasteiger partial charge >= 0.3 is 0 Å². The Morgan fingerprint density at radius 3 is 2.65 bits per heavy atom. The molecule has 1 aromatic carbocycles. The van der Waals surface area contributed by atoms with Crippen LogP contribution >= 0.6 is 23.2 Å². The molecule has 0 saturated heterocycles. The maximum absolute atomic E-state index is 6.20. The second-order valence-corrected chi connectivity index (χ2v) is 5.15. The Morgan fingerprint density at radius 1 is 1.05 bits per heavy atom. The third-order valence-electron chi connectivity index (χ3n) is 2.98. The summed E-state index contributed by atoms with van der Waals surface area (Å²) in [6, 6.07) is 9.46. The zero-order valence-corrected chi connectivity index (χ0v) is 12.0. The van der Waals surface area contributed by atoms with Crippen LogP contribution in [0.15, 0.2) is 48.9 Å². The van der Waals surface area contributed by atoms with Crippen LogP contribution in [0.3, 0.4) is 0 Å². The van der Waals surface area contributed by atoms with E-state index in [1.807, 2.05) is 30.5 Å². The molecule has 3 aromatic rings. The summed E-state index contributed by atoms with van der Waals surface area (Å²) in [7, 11) is 0. The number of aromatic amines is 1. The molecule has 0 saturated carbocycles. The first kappa shape index (κ1) is 13.2. The molecular weight excluding hydrogens is 293 g/mol. The van der Waals surface area contributed by atoms with Gasteiger partial charge < -0.3 is 4.98 Å². The van der Waals surface area contributed by atoms with E-state index in [1.54, 1.807) is 18.5 Å². The monoisotopic (exact) mass is 303 g/mol. The van der Waals surface area contributed by atoms with Gasteiger partial charge in [-0.3, -0.25) is 4.98 Å². The molecule has 0 aliphatic heterocycles. The lowest BCUT2D eigenvalue weighted by molar-refractivity contribution is 1.02. The van der Waals surface area contributed by atoms with Crippen LogP contribution in [0.4, 0.5) is 0 Å². The fourth-order valence-corrected chi connectivity index (χ4v) is 2.38. The Kier molecular flexibility index (Phi) is 3.72. The summed E-state index contributed by atoms with van der Waals surface area (Å²) in [6.45, 7) is 0. The van der Waals surface area contributed by atoms with Crippen molar-refractivity contribution < 1.29 is 0 Å². The van der Waals surface area contributed by atoms with E-state index in [0.29, 0.717) is 10.0 Å². The van der Waals surface area contributed by atoms with Crippen molar-refractivity contribution >= 4 is 23.2 Å². The molecule has 0 aliphatic carbocycles. The molecule has 3 nitrogen and oxygen atoms in total. The predicted molar refractivity (Wildman–Crippen MR) is 81.1 cm³/mol. The molecule has 0 bridgehead atoms. The molecule has 0 fully saturated rings. The lowest BCUT2D eigenvalue weighted by atomic mass is 10.2. The third kappa shape index (κ3) is 2.69. The van der Waals surface area contributed by atoms with Gasteiger partial charge in [0, 0.05) is 30.6 Å². The molecule has 20 heavy (non-hydrogen) atoms. The van der Waals surface area contributed by atoms with E-state index >= 15 is 0 Å². The van der Waals surface area contributed by atoms with Crippen molar-refractivity contribution in [2.75, 3.05) is 0 Å². The lowest BCUT2D eigenvalue weighted by Crippen LogP contribution is -1.90. The topological polar surface area (TPSA) is 41.6 Å². The van der Waals surface area contributed by atoms with Gasteiger partial charge in [0.2, 0.25) is 0 Å². The fraction of sp³-hybridized carbons (Fsp3) is 0.0667. The van der Waals surface area contributed by atoms with Crippen molar-refractivity contribution in [2.24, 2.45) is 0 Å². The third-order valence-corrected chi connectivity index (χ3v) is 3.80. The molecule has 0 unspecified atom stereocenters. The van der Waals surface area contributed by atoms with E-state index in [9.17, 15) is 0 Å². The number of aromatic nitrogens is 3. The van der Waals surface area contributed by atoms with Crippen LogP contribution < -0.4 is 0 Å². The van der Waals surface area contributed by atoms with Crippen molar-refractivity contribution in [1.82, 2.24) is 15.0 Å². The Bertz CT molecular complexity index is 723. The predicted octanol–water partition coefficient (Wildman–Crippen LogP) is 4.37. The molecule has 0 aliphatic rings. The average molecular weight is 304 g/mol. The van der Waals surface area contributed by atoms with Crippen LogP contribution in [-0.4, -0.2) is 15.0 Å². The van der Waals surface area contributed by atoms with E-state index in [4.69, 9.17) is 23.2 Å². The van der Waals surface area contributed by atoms with Crippen LogP contribution in [-0.2, 0) is 6.42 Å². The van der Waals surface area contributed by atoms with Gasteiger partial charge in [-0.15, -0.1) is 0 Å². The van der Waals surface area contributed by atoms with Crippen molar-refractivity contribution in [1.29, 1.82) is 0 Å². The maximum Gasteiger partial charge on any atom is 0.111 e. The number of benzene rings is 1. The summed E-state index contributed by atoms with van der Waals surface area (Å²) >= 11 is 12.2. The first-order chi connectivity index (χ1) is 9.74. The van der Waals surface area contributed by atoms with Crippen molar-refractivity contribution in [3.05, 3.63) is 70.4 Å². The summed E-state index contributed by atoms with van der Waals surface area (Å²) in [5, 5.41) is 1.05. The highest BCUT2D eigenvalue weighted by atomic mass is 35.5. The molecule has 0 atom stereocenters. The first-order valence-electron chi connectivity index (χ1n) is 6.11. The SMILES string of the molecule is Clc1cccc(-c2c[nH]c(Cc3ccncc3)n2)c1Cl. The zero-order valence-electron chi connectivity index (χ0n) is 10.5. The first-order valence-corrected chi connectivity index (χ1v) is 6.87. The minimum atomic E-state index is 0.524. The van der Waals surface area contributed by atoms with Gasteiger partial charge in [-0.2, -0.15) is 0 Å². The van der Waals surface area contributed by atoms with Gasteiger partial charge in [0.1, 0.15) is 5.82 Å². The number of nitrogens with one attached hydrogen (secondary N) is 1. The molecule has 3 rings (SSSR count). The summed E-state index contributed by atoms with van der Waals surface area (Å²) in [4.78, 5) is 11.7. The molecule has 1 N–H and O–H groups in total. The highest BCUT2D eigenvalue weighted by Crippen LogP contribution is 2.32. The van der Waals surface area contributed by atoms with Gasteiger partial charge in [-0.1, -0.05) is 35.3 Å². The number of H-pyrrole nitrogens is 1. The molecule has 0 spiro atoms. The number of nitrogens with zero attached hydrogens (tertiary/aromatic N) is 2. The minimum Gasteiger partial charge on any atom is -0.348 e. The molecular formula is C15H11Cl2N3. The van der Waals surface area contributed by atoms with Gasteiger partial charge in [-0.25, -0.2) is 4.98 Å². The van der Waals surface area contributed by atoms with Crippen LogP contribution in [0.5, 0.6) is 0 Å². The van der Waals surface area contributed by atoms with Gasteiger partial charge in [-0.05, 0) is 23.8 Å². The van der Waals surface area contributed by atoms with E-state index in [0.717, 1.165) is 29.1 Å². The van der Waals surface area contributed by atoms with E-state index in [2.05, 4.69) is 15.0 Å². The molecule has 2 heterocycles. The largest absolute Gasteiger partial charge is 0.348 e. The lowest BCUT2D eigenvalue weighted by Gasteiger charge is -2.01. The van der Waals surface area contributed by atoms with Crippen LogP contribution in [0.1, 0.15) is 11.4 Å². The molecule has 2 aromatic heterocycles. The Morgan fingerprint density at radius 2 is 1.85 bits per heavy atom. The summed E-state index contributed by atoms with van der Waals surface area (Å²) in [5.74, 6) is 0.877. The van der Waals surface area contributed by atoms with E-state index < -0.39 is 0 Å². The Balaban J connectivity index is 1.89. The van der Waals surface area contributed by atoms with Crippen molar-refractivity contribution in [3.63, 3.8) is 0 Å². The van der Waals surface area contributed by atoms with Gasteiger partial charge in [0.05, 0.1) is 15.7 Å². The number of hydrogen-bond donors (Lipinski definition) is 1. The number of rotatable bonds is 3. The molecule has 0 radical (unpaired) electrons. The van der Waals surface area contributed by atoms with Crippen molar-refractivity contribution in [2.45, 2.75) is 6.42 Å². The second-order valence-electron chi connectivity index (χ2n) is 4.37. The van der Waals surface area contributed by atoms with E-state index in [1.165, 1.54) is 0 Å².